The molecule has 4 aromatic rings. The number of hydrogen-bond acceptors (Lipinski definition) is 5. The Morgan fingerprint density at radius 2 is 1.68 bits per heavy atom. The molecule has 1 fully saturated rings. The van der Waals surface area contributed by atoms with E-state index in [2.05, 4.69) is 15.6 Å². The molecule has 10 heteroatoms. The second-order valence-corrected chi connectivity index (χ2v) is 9.42. The number of rotatable bonds is 5. The number of halogens is 1. The summed E-state index contributed by atoms with van der Waals surface area (Å²) in [7, 11) is 0. The van der Waals surface area contributed by atoms with Gasteiger partial charge in [-0.2, -0.15) is 0 Å². The number of carbonyl (C=O) groups is 2. The molecular weight excluding hydrogens is 506 g/mol. The van der Waals surface area contributed by atoms with E-state index >= 15 is 0 Å². The van der Waals surface area contributed by atoms with E-state index in [-0.39, 0.29) is 24.3 Å². The van der Waals surface area contributed by atoms with E-state index in [9.17, 15) is 19.5 Å². The lowest BCUT2D eigenvalue weighted by Crippen LogP contribution is -2.45. The highest BCUT2D eigenvalue weighted by Crippen LogP contribution is 2.36. The molecular formula is C28H24ClN5O4. The van der Waals surface area contributed by atoms with Gasteiger partial charge >= 0.3 is 6.03 Å². The first-order valence-corrected chi connectivity index (χ1v) is 12.3. The molecule has 2 aromatic heterocycles. The zero-order valence-corrected chi connectivity index (χ0v) is 20.9. The van der Waals surface area contributed by atoms with Crippen molar-refractivity contribution in [2.24, 2.45) is 0 Å². The third kappa shape index (κ3) is 5.29. The smallest absolute Gasteiger partial charge is 0.322 e. The number of benzene rings is 2. The van der Waals surface area contributed by atoms with Gasteiger partial charge in [-0.1, -0.05) is 48.0 Å². The molecule has 0 unspecified atom stereocenters. The van der Waals surface area contributed by atoms with E-state index in [4.69, 9.17) is 11.6 Å². The molecule has 0 saturated carbocycles. The average Bonchev–Trinajstić information content (AvgIpc) is 3.31. The molecule has 5 rings (SSSR count). The van der Waals surface area contributed by atoms with Gasteiger partial charge in [-0.25, -0.2) is 9.78 Å². The first-order chi connectivity index (χ1) is 18.3. The number of likely N-dealkylation sites (tertiary alicyclic amines) is 1. The molecule has 9 nitrogen and oxygen atoms in total. The number of nitrogens with zero attached hydrogens (tertiary/aromatic N) is 3. The predicted octanol–water partition coefficient (Wildman–Crippen LogP) is 4.02. The first-order valence-electron chi connectivity index (χ1n) is 11.9. The lowest BCUT2D eigenvalue weighted by atomic mass is 9.91. The lowest BCUT2D eigenvalue weighted by Gasteiger charge is -2.25. The predicted molar refractivity (Wildman–Crippen MR) is 144 cm³/mol. The molecule has 2 aromatic carbocycles. The molecule has 0 spiro atoms. The second kappa shape index (κ2) is 10.5. The van der Waals surface area contributed by atoms with Crippen LogP contribution in [0.5, 0.6) is 0 Å². The van der Waals surface area contributed by atoms with Crippen molar-refractivity contribution < 1.29 is 14.7 Å². The molecule has 1 aliphatic rings. The summed E-state index contributed by atoms with van der Waals surface area (Å²) in [4.78, 5) is 44.3. The topological polar surface area (TPSA) is 117 Å². The van der Waals surface area contributed by atoms with E-state index in [0.717, 1.165) is 0 Å². The van der Waals surface area contributed by atoms with E-state index in [1.165, 1.54) is 21.7 Å². The summed E-state index contributed by atoms with van der Waals surface area (Å²) in [6.45, 7) is -0.0855. The molecule has 0 bridgehead atoms. The fraction of sp³-hybridized carbons (Fsp3) is 0.143. The minimum Gasteiger partial charge on any atom is -0.383 e. The minimum absolute atomic E-state index is 0.00558. The van der Waals surface area contributed by atoms with Gasteiger partial charge in [0, 0.05) is 29.4 Å². The highest BCUT2D eigenvalue weighted by molar-refractivity contribution is 6.30. The van der Waals surface area contributed by atoms with Crippen molar-refractivity contribution in [3.63, 3.8) is 0 Å². The number of aliphatic hydroxyl groups is 1. The molecule has 1 saturated heterocycles. The van der Waals surface area contributed by atoms with Crippen molar-refractivity contribution in [3.05, 3.63) is 118 Å². The van der Waals surface area contributed by atoms with Crippen molar-refractivity contribution in [3.8, 4) is 5.69 Å². The molecule has 2 atom stereocenters. The van der Waals surface area contributed by atoms with Gasteiger partial charge in [-0.3, -0.25) is 14.2 Å². The third-order valence-corrected chi connectivity index (χ3v) is 6.66. The summed E-state index contributed by atoms with van der Waals surface area (Å²) in [6, 6.07) is 22.1. The first kappa shape index (κ1) is 25.2. The fourth-order valence-corrected chi connectivity index (χ4v) is 4.60. The van der Waals surface area contributed by atoms with Crippen LogP contribution in [0.1, 0.15) is 12.0 Å². The Kier molecular flexibility index (Phi) is 6.95. The van der Waals surface area contributed by atoms with E-state index in [1.54, 1.807) is 79.0 Å². The average molecular weight is 530 g/mol. The minimum atomic E-state index is -1.42. The van der Waals surface area contributed by atoms with Crippen molar-refractivity contribution in [2.45, 2.75) is 18.1 Å². The highest BCUT2D eigenvalue weighted by atomic mass is 35.5. The zero-order valence-electron chi connectivity index (χ0n) is 20.1. The second-order valence-electron chi connectivity index (χ2n) is 8.98. The Morgan fingerprint density at radius 3 is 2.37 bits per heavy atom. The number of hydrogen-bond donors (Lipinski definition) is 3. The molecule has 192 valence electrons. The Bertz CT molecular complexity index is 1510. The number of anilines is 2. The van der Waals surface area contributed by atoms with E-state index in [1.807, 2.05) is 6.07 Å². The molecule has 0 aliphatic carbocycles. The maximum absolute atomic E-state index is 13.4. The molecule has 3 amide bonds. The van der Waals surface area contributed by atoms with Crippen LogP contribution < -0.4 is 16.2 Å². The highest BCUT2D eigenvalue weighted by Gasteiger charge is 2.49. The number of β-amino-alcohol motifs (C(OH)–C–C–N with tert-alkyl or cyclic N) is 1. The van der Waals surface area contributed by atoms with Crippen LogP contribution in [0.4, 0.5) is 16.3 Å². The van der Waals surface area contributed by atoms with Gasteiger partial charge in [0.15, 0.2) is 0 Å². The van der Waals surface area contributed by atoms with Crippen LogP contribution in [-0.4, -0.2) is 44.1 Å². The SMILES string of the molecule is O=C(Nc1ccc(-n2ccccc2=O)cn1)[C@H]1C[C@](O)(c2ccccc2)CN1C(=O)Nc1ccc(Cl)cc1. The van der Waals surface area contributed by atoms with Gasteiger partial charge in [0.25, 0.3) is 5.56 Å². The van der Waals surface area contributed by atoms with Gasteiger partial charge in [0.05, 0.1) is 18.4 Å². The number of carbonyl (C=O) groups excluding carboxylic acids is 2. The van der Waals surface area contributed by atoms with Crippen molar-refractivity contribution in [1.29, 1.82) is 0 Å². The van der Waals surface area contributed by atoms with Crippen LogP contribution in [0.2, 0.25) is 5.02 Å². The summed E-state index contributed by atoms with van der Waals surface area (Å²) < 4.78 is 1.43. The Balaban J connectivity index is 1.37. The summed E-state index contributed by atoms with van der Waals surface area (Å²) in [5.41, 5.74) is 0.0146. The van der Waals surface area contributed by atoms with Gasteiger partial charge < -0.3 is 20.6 Å². The summed E-state index contributed by atoms with van der Waals surface area (Å²) in [5, 5.41) is 17.5. The van der Waals surface area contributed by atoms with Crippen LogP contribution in [0, 0.1) is 0 Å². The quantitative estimate of drug-likeness (QED) is 0.361. The zero-order chi connectivity index (χ0) is 26.7. The summed E-state index contributed by atoms with van der Waals surface area (Å²) >= 11 is 5.94. The van der Waals surface area contributed by atoms with Crippen LogP contribution in [0.15, 0.2) is 102 Å². The van der Waals surface area contributed by atoms with E-state index in [0.29, 0.717) is 22.0 Å². The molecule has 1 aliphatic heterocycles. The number of nitrogens with one attached hydrogen (secondary N) is 2. The summed E-state index contributed by atoms with van der Waals surface area (Å²) in [5.74, 6) is -0.254. The number of urea groups is 1. The van der Waals surface area contributed by atoms with Crippen LogP contribution in [0.25, 0.3) is 5.69 Å². The van der Waals surface area contributed by atoms with Gasteiger partial charge in [0.1, 0.15) is 17.5 Å². The Labute approximate surface area is 223 Å². The van der Waals surface area contributed by atoms with Crippen molar-refractivity contribution in [1.82, 2.24) is 14.5 Å². The Hall–Kier alpha value is -4.47. The number of aromatic nitrogens is 2. The molecule has 38 heavy (non-hydrogen) atoms. The number of pyridine rings is 2. The van der Waals surface area contributed by atoms with Gasteiger partial charge in [-0.15, -0.1) is 0 Å². The lowest BCUT2D eigenvalue weighted by molar-refractivity contribution is -0.119. The van der Waals surface area contributed by atoms with Gasteiger partial charge in [0.2, 0.25) is 5.91 Å². The Morgan fingerprint density at radius 1 is 0.947 bits per heavy atom. The van der Waals surface area contributed by atoms with Gasteiger partial charge in [-0.05, 0) is 48.0 Å². The van der Waals surface area contributed by atoms with Crippen molar-refractivity contribution >= 4 is 35.0 Å². The van der Waals surface area contributed by atoms with Crippen LogP contribution in [0.3, 0.4) is 0 Å². The normalized spacial score (nSPS) is 18.7. The van der Waals surface area contributed by atoms with Crippen LogP contribution in [-0.2, 0) is 10.4 Å². The summed E-state index contributed by atoms with van der Waals surface area (Å²) in [6.07, 6.45) is 3.09. The van der Waals surface area contributed by atoms with E-state index < -0.39 is 23.6 Å². The maximum atomic E-state index is 13.4. The maximum Gasteiger partial charge on any atom is 0.322 e. The third-order valence-electron chi connectivity index (χ3n) is 6.41. The standard InChI is InChI=1S/C28H24ClN5O4/c29-20-9-11-21(12-10-20)31-27(37)34-18-28(38,19-6-2-1-3-7-19)16-23(34)26(36)32-24-14-13-22(17-30-24)33-15-5-4-8-25(33)35/h1-15,17,23,38H,16,18H2,(H,31,37)(H,30,32,36)/t23-,28-/m1/s1. The molecule has 0 radical (unpaired) electrons. The fourth-order valence-electron chi connectivity index (χ4n) is 4.47. The largest absolute Gasteiger partial charge is 0.383 e. The monoisotopic (exact) mass is 529 g/mol. The van der Waals surface area contributed by atoms with Crippen molar-refractivity contribution in [2.75, 3.05) is 17.2 Å². The molecule has 3 N–H and O–H groups in total. The van der Waals surface area contributed by atoms with Crippen LogP contribution >= 0.6 is 11.6 Å². The molecule has 3 heterocycles. The number of amides is 3.